The van der Waals surface area contributed by atoms with Gasteiger partial charge in [-0.2, -0.15) is 14.6 Å². The number of benzene rings is 2. The van der Waals surface area contributed by atoms with Crippen molar-refractivity contribution < 1.29 is 14.3 Å². The molecule has 34 heavy (non-hydrogen) atoms. The van der Waals surface area contributed by atoms with Crippen molar-refractivity contribution in [2.24, 2.45) is 0 Å². The van der Waals surface area contributed by atoms with E-state index in [0.717, 1.165) is 22.8 Å². The van der Waals surface area contributed by atoms with Crippen molar-refractivity contribution in [2.75, 3.05) is 37.7 Å². The van der Waals surface area contributed by atoms with Gasteiger partial charge < -0.3 is 19.3 Å². The molecule has 0 atom stereocenters. The van der Waals surface area contributed by atoms with Gasteiger partial charge in [0, 0.05) is 37.9 Å². The van der Waals surface area contributed by atoms with Crippen molar-refractivity contribution >= 4 is 17.5 Å². The Labute approximate surface area is 197 Å². The number of aromatic nitrogens is 4. The minimum Gasteiger partial charge on any atom is -0.489 e. The zero-order valence-electron chi connectivity index (χ0n) is 19.0. The lowest BCUT2D eigenvalue weighted by Gasteiger charge is -2.35. The van der Waals surface area contributed by atoms with Crippen LogP contribution in [0.2, 0.25) is 0 Å². The molecule has 174 valence electrons. The molecule has 1 fully saturated rings. The summed E-state index contributed by atoms with van der Waals surface area (Å²) in [5.74, 6) is 2.89. The van der Waals surface area contributed by atoms with Crippen molar-refractivity contribution in [1.29, 1.82) is 0 Å². The molecule has 0 bridgehead atoms. The minimum absolute atomic E-state index is 0.00586. The largest absolute Gasteiger partial charge is 0.489 e. The van der Waals surface area contributed by atoms with Crippen LogP contribution in [0.1, 0.15) is 11.3 Å². The van der Waals surface area contributed by atoms with Gasteiger partial charge in [0.15, 0.2) is 6.61 Å². The van der Waals surface area contributed by atoms with Gasteiger partial charge in [-0.25, -0.2) is 4.98 Å². The molecule has 0 N–H and O–H groups in total. The molecule has 0 spiro atoms. The molecule has 0 radical (unpaired) electrons. The quantitative estimate of drug-likeness (QED) is 0.421. The molecule has 9 nitrogen and oxygen atoms in total. The first-order valence-electron chi connectivity index (χ1n) is 11.3. The molecule has 9 heteroatoms. The number of hydrogen-bond donors (Lipinski definition) is 0. The molecule has 3 heterocycles. The van der Waals surface area contributed by atoms with E-state index in [0.29, 0.717) is 44.3 Å². The Morgan fingerprint density at radius 3 is 2.38 bits per heavy atom. The van der Waals surface area contributed by atoms with Crippen molar-refractivity contribution in [3.63, 3.8) is 0 Å². The van der Waals surface area contributed by atoms with Gasteiger partial charge in [-0.05, 0) is 36.8 Å². The Kier molecular flexibility index (Phi) is 6.24. The first-order chi connectivity index (χ1) is 16.7. The number of aryl methyl sites for hydroxylation is 1. The summed E-state index contributed by atoms with van der Waals surface area (Å²) < 4.78 is 13.3. The molecule has 1 aliphatic heterocycles. The molecule has 0 saturated carbocycles. The maximum atomic E-state index is 12.7. The third-order valence-corrected chi connectivity index (χ3v) is 5.75. The summed E-state index contributed by atoms with van der Waals surface area (Å²) in [6.45, 7) is 5.10. The highest BCUT2D eigenvalue weighted by molar-refractivity contribution is 5.78. The highest BCUT2D eigenvalue weighted by Crippen LogP contribution is 2.20. The summed E-state index contributed by atoms with van der Waals surface area (Å²) in [6.07, 6.45) is 1.50. The highest BCUT2D eigenvalue weighted by atomic mass is 16.5. The molecular weight excluding hydrogens is 432 g/mol. The number of amides is 1. The Balaban J connectivity index is 1.10. The van der Waals surface area contributed by atoms with E-state index in [2.05, 4.69) is 20.0 Å². The Morgan fingerprint density at radius 2 is 1.65 bits per heavy atom. The molecule has 1 saturated heterocycles. The summed E-state index contributed by atoms with van der Waals surface area (Å²) in [4.78, 5) is 25.3. The zero-order chi connectivity index (χ0) is 23.3. The number of hydrogen-bond acceptors (Lipinski definition) is 7. The molecule has 4 aromatic rings. The van der Waals surface area contributed by atoms with Crippen LogP contribution in [0.3, 0.4) is 0 Å². The topological polar surface area (TPSA) is 85.1 Å². The monoisotopic (exact) mass is 458 g/mol. The van der Waals surface area contributed by atoms with E-state index >= 15 is 0 Å². The predicted octanol–water partition coefficient (Wildman–Crippen LogP) is 2.74. The Morgan fingerprint density at radius 1 is 0.941 bits per heavy atom. The fraction of sp³-hybridized carbons (Fsp3) is 0.280. The first-order valence-corrected chi connectivity index (χ1v) is 11.3. The van der Waals surface area contributed by atoms with Gasteiger partial charge in [-0.1, -0.05) is 30.3 Å². The van der Waals surface area contributed by atoms with Crippen molar-refractivity contribution in [1.82, 2.24) is 24.5 Å². The second-order valence-electron chi connectivity index (χ2n) is 8.13. The van der Waals surface area contributed by atoms with Gasteiger partial charge in [-0.15, -0.1) is 0 Å². The summed E-state index contributed by atoms with van der Waals surface area (Å²) in [7, 11) is 0. The molecule has 1 aliphatic rings. The molecule has 0 unspecified atom stereocenters. The number of fused-ring (bicyclic) bond motifs is 1. The lowest BCUT2D eigenvalue weighted by atomic mass is 10.2. The third kappa shape index (κ3) is 4.93. The third-order valence-electron chi connectivity index (χ3n) is 5.75. The van der Waals surface area contributed by atoms with Crippen LogP contribution < -0.4 is 14.4 Å². The van der Waals surface area contributed by atoms with Crippen LogP contribution in [0.4, 0.5) is 5.82 Å². The van der Waals surface area contributed by atoms with Crippen LogP contribution in [-0.4, -0.2) is 63.2 Å². The van der Waals surface area contributed by atoms with Crippen LogP contribution in [0.5, 0.6) is 11.5 Å². The molecular formula is C25H26N6O3. The second kappa shape index (κ2) is 9.78. The standard InChI is InChI=1S/C25H26N6O3/c1-19-15-23(31-25(28-19)26-18-27-31)29-11-13-30(14-12-29)24(32)17-34-22-9-7-21(8-10-22)33-16-20-5-3-2-4-6-20/h2-10,15,18H,11-14,16-17H2,1H3. The maximum absolute atomic E-state index is 12.7. The first kappa shape index (κ1) is 21.7. The van der Waals surface area contributed by atoms with Crippen LogP contribution >= 0.6 is 0 Å². The van der Waals surface area contributed by atoms with Crippen LogP contribution in [0.25, 0.3) is 5.78 Å². The summed E-state index contributed by atoms with van der Waals surface area (Å²) in [5, 5.41) is 4.28. The van der Waals surface area contributed by atoms with Crippen LogP contribution in [0.15, 0.2) is 67.0 Å². The summed E-state index contributed by atoms with van der Waals surface area (Å²) in [6, 6.07) is 19.3. The molecule has 5 rings (SSSR count). The van der Waals surface area contributed by atoms with E-state index in [9.17, 15) is 4.79 Å². The maximum Gasteiger partial charge on any atom is 0.260 e. The predicted molar refractivity (Wildman–Crippen MR) is 127 cm³/mol. The average molecular weight is 459 g/mol. The number of ether oxygens (including phenoxy) is 2. The second-order valence-corrected chi connectivity index (χ2v) is 8.13. The fourth-order valence-electron chi connectivity index (χ4n) is 3.93. The molecule has 2 aromatic carbocycles. The van der Waals surface area contributed by atoms with Gasteiger partial charge in [0.2, 0.25) is 0 Å². The Bertz CT molecular complexity index is 1250. The van der Waals surface area contributed by atoms with E-state index in [1.165, 1.54) is 6.33 Å². The van der Waals surface area contributed by atoms with E-state index in [-0.39, 0.29) is 12.5 Å². The van der Waals surface area contributed by atoms with E-state index in [1.54, 1.807) is 4.52 Å². The normalized spacial score (nSPS) is 13.8. The lowest BCUT2D eigenvalue weighted by molar-refractivity contribution is -0.133. The van der Waals surface area contributed by atoms with Gasteiger partial charge in [0.05, 0.1) is 0 Å². The van der Waals surface area contributed by atoms with Crippen molar-refractivity contribution in [2.45, 2.75) is 13.5 Å². The van der Waals surface area contributed by atoms with Crippen molar-refractivity contribution in [3.8, 4) is 11.5 Å². The summed E-state index contributed by atoms with van der Waals surface area (Å²) >= 11 is 0. The lowest BCUT2D eigenvalue weighted by Crippen LogP contribution is -2.50. The number of carbonyl (C=O) groups is 1. The van der Waals surface area contributed by atoms with E-state index in [1.807, 2.05) is 72.5 Å². The molecule has 0 aliphatic carbocycles. The van der Waals surface area contributed by atoms with Gasteiger partial charge in [0.25, 0.3) is 11.7 Å². The minimum atomic E-state index is -0.0270. The Hall–Kier alpha value is -4.14. The van der Waals surface area contributed by atoms with Gasteiger partial charge in [0.1, 0.15) is 30.3 Å². The molecule has 1 amide bonds. The average Bonchev–Trinajstić information content (AvgIpc) is 3.35. The highest BCUT2D eigenvalue weighted by Gasteiger charge is 2.23. The van der Waals surface area contributed by atoms with Gasteiger partial charge >= 0.3 is 0 Å². The number of rotatable bonds is 7. The smallest absolute Gasteiger partial charge is 0.260 e. The number of piperazine rings is 1. The van der Waals surface area contributed by atoms with Gasteiger partial charge in [-0.3, -0.25) is 4.79 Å². The van der Waals surface area contributed by atoms with E-state index < -0.39 is 0 Å². The zero-order valence-corrected chi connectivity index (χ0v) is 19.0. The number of nitrogens with zero attached hydrogens (tertiary/aromatic N) is 6. The van der Waals surface area contributed by atoms with E-state index in [4.69, 9.17) is 9.47 Å². The fourth-order valence-corrected chi connectivity index (χ4v) is 3.93. The van der Waals surface area contributed by atoms with Crippen molar-refractivity contribution in [3.05, 3.63) is 78.2 Å². The number of carbonyl (C=O) groups excluding carboxylic acids is 1. The van der Waals surface area contributed by atoms with Crippen LogP contribution in [0, 0.1) is 6.92 Å². The molecule has 2 aromatic heterocycles. The number of anilines is 1. The summed E-state index contributed by atoms with van der Waals surface area (Å²) in [5.41, 5.74) is 2.00. The SMILES string of the molecule is Cc1cc(N2CCN(C(=O)COc3ccc(OCc4ccccc4)cc3)CC2)n2ncnc2n1. The van der Waals surface area contributed by atoms with Crippen LogP contribution in [-0.2, 0) is 11.4 Å².